The molecular weight excluding hydrogens is 178 g/mol. The molecule has 0 amide bonds. The van der Waals surface area contributed by atoms with Gasteiger partial charge in [0.05, 0.1) is 6.33 Å². The summed E-state index contributed by atoms with van der Waals surface area (Å²) in [4.78, 5) is 15.1. The second-order valence-corrected chi connectivity index (χ2v) is 2.61. The summed E-state index contributed by atoms with van der Waals surface area (Å²) < 4.78 is 0. The van der Waals surface area contributed by atoms with E-state index in [9.17, 15) is 0 Å². The lowest BCUT2D eigenvalue weighted by Crippen LogP contribution is -2.01. The molecule has 0 unspecified atom stereocenters. The molecule has 70 valence electrons. The maximum atomic E-state index is 4.09. The second kappa shape index (κ2) is 3.72. The van der Waals surface area contributed by atoms with Crippen molar-refractivity contribution >= 4 is 17.0 Å². The van der Waals surface area contributed by atoms with Gasteiger partial charge in [0.1, 0.15) is 11.8 Å². The third-order valence-corrected chi connectivity index (χ3v) is 1.74. The summed E-state index contributed by atoms with van der Waals surface area (Å²) in [5.41, 5.74) is 4.14. The number of H-pyrrole nitrogens is 1. The van der Waals surface area contributed by atoms with Crippen LogP contribution in [0.2, 0.25) is 0 Å². The van der Waals surface area contributed by atoms with Crippen LogP contribution in [0.5, 0.6) is 0 Å². The number of aromatic amines is 1. The molecular formula is C9H9N5. The number of hydrogen-bond acceptors (Lipinski definition) is 4. The normalized spacial score (nSPS) is 9.71. The summed E-state index contributed by atoms with van der Waals surface area (Å²) >= 11 is 0. The first kappa shape index (κ1) is 8.47. The van der Waals surface area contributed by atoms with E-state index in [1.807, 2.05) is 0 Å². The summed E-state index contributed by atoms with van der Waals surface area (Å²) in [5, 5.41) is 3.09. The van der Waals surface area contributed by atoms with E-state index in [2.05, 4.69) is 37.6 Å². The Morgan fingerprint density at radius 3 is 3.29 bits per heavy atom. The fourth-order valence-electron chi connectivity index (χ4n) is 1.12. The SMILES string of the molecule is C=C=CCNc1ncnc2nc[nH]c12. The minimum absolute atomic E-state index is 0.634. The molecule has 0 fully saturated rings. The Hall–Kier alpha value is -2.13. The highest BCUT2D eigenvalue weighted by Crippen LogP contribution is 2.13. The van der Waals surface area contributed by atoms with Crippen LogP contribution in [-0.2, 0) is 0 Å². The number of nitrogens with one attached hydrogen (secondary N) is 2. The van der Waals surface area contributed by atoms with Gasteiger partial charge in [-0.1, -0.05) is 6.58 Å². The largest absolute Gasteiger partial charge is 0.364 e. The van der Waals surface area contributed by atoms with Crippen molar-refractivity contribution in [2.24, 2.45) is 0 Å². The van der Waals surface area contributed by atoms with Gasteiger partial charge in [-0.3, -0.25) is 0 Å². The zero-order valence-electron chi connectivity index (χ0n) is 7.49. The third-order valence-electron chi connectivity index (χ3n) is 1.74. The fraction of sp³-hybridized carbons (Fsp3) is 0.111. The summed E-state index contributed by atoms with van der Waals surface area (Å²) in [6.45, 7) is 4.10. The number of aromatic nitrogens is 4. The van der Waals surface area contributed by atoms with Gasteiger partial charge in [0.15, 0.2) is 11.5 Å². The minimum Gasteiger partial charge on any atom is -0.364 e. The summed E-state index contributed by atoms with van der Waals surface area (Å²) in [7, 11) is 0. The topological polar surface area (TPSA) is 66.5 Å². The van der Waals surface area contributed by atoms with E-state index in [1.54, 1.807) is 12.4 Å². The molecule has 0 spiro atoms. The standard InChI is InChI=1S/C9H9N5/c1-2-3-4-10-8-7-9(12-5-11-7)14-6-13-8/h3,5-6H,1,4H2,(H2,10,11,12,13,14). The summed E-state index contributed by atoms with van der Waals surface area (Å²) in [5.74, 6) is 0.735. The fourth-order valence-corrected chi connectivity index (χ4v) is 1.12. The molecule has 0 atom stereocenters. The van der Waals surface area contributed by atoms with E-state index in [-0.39, 0.29) is 0 Å². The van der Waals surface area contributed by atoms with Crippen molar-refractivity contribution in [3.63, 3.8) is 0 Å². The van der Waals surface area contributed by atoms with E-state index in [0.29, 0.717) is 12.2 Å². The molecule has 0 aliphatic carbocycles. The van der Waals surface area contributed by atoms with Gasteiger partial charge in [0, 0.05) is 6.54 Å². The molecule has 0 saturated carbocycles. The predicted molar refractivity (Wildman–Crippen MR) is 53.9 cm³/mol. The molecule has 0 aliphatic heterocycles. The first-order chi connectivity index (χ1) is 6.92. The summed E-state index contributed by atoms with van der Waals surface area (Å²) in [6.07, 6.45) is 4.85. The molecule has 2 rings (SSSR count). The zero-order valence-corrected chi connectivity index (χ0v) is 7.49. The van der Waals surface area contributed by atoms with E-state index in [1.165, 1.54) is 6.33 Å². The smallest absolute Gasteiger partial charge is 0.182 e. The molecule has 2 N–H and O–H groups in total. The molecule has 2 aromatic rings. The lowest BCUT2D eigenvalue weighted by molar-refractivity contribution is 1.17. The van der Waals surface area contributed by atoms with Crippen LogP contribution in [0.15, 0.2) is 31.0 Å². The number of imidazole rings is 1. The highest BCUT2D eigenvalue weighted by atomic mass is 15.1. The van der Waals surface area contributed by atoms with Crippen LogP contribution in [0.3, 0.4) is 0 Å². The molecule has 14 heavy (non-hydrogen) atoms. The molecule has 2 aromatic heterocycles. The van der Waals surface area contributed by atoms with Gasteiger partial charge in [-0.2, -0.15) is 0 Å². The molecule has 0 aliphatic rings. The Balaban J connectivity index is 2.31. The Bertz CT molecular complexity index is 481. The van der Waals surface area contributed by atoms with Crippen LogP contribution in [-0.4, -0.2) is 26.5 Å². The molecule has 0 aromatic carbocycles. The summed E-state index contributed by atoms with van der Waals surface area (Å²) in [6, 6.07) is 0. The molecule has 0 radical (unpaired) electrons. The van der Waals surface area contributed by atoms with Crippen molar-refractivity contribution in [2.45, 2.75) is 0 Å². The Kier molecular flexibility index (Phi) is 2.25. The van der Waals surface area contributed by atoms with Crippen LogP contribution < -0.4 is 5.32 Å². The van der Waals surface area contributed by atoms with Crippen molar-refractivity contribution in [1.29, 1.82) is 0 Å². The Morgan fingerprint density at radius 1 is 1.50 bits per heavy atom. The van der Waals surface area contributed by atoms with Gasteiger partial charge < -0.3 is 10.3 Å². The number of rotatable bonds is 3. The van der Waals surface area contributed by atoms with Crippen molar-refractivity contribution in [3.8, 4) is 0 Å². The van der Waals surface area contributed by atoms with Crippen molar-refractivity contribution in [1.82, 2.24) is 19.9 Å². The van der Waals surface area contributed by atoms with E-state index in [0.717, 1.165) is 11.3 Å². The first-order valence-corrected chi connectivity index (χ1v) is 4.14. The minimum atomic E-state index is 0.634. The Labute approximate surface area is 80.6 Å². The molecule has 5 nitrogen and oxygen atoms in total. The lowest BCUT2D eigenvalue weighted by atomic mass is 10.4. The van der Waals surface area contributed by atoms with Crippen LogP contribution in [0.4, 0.5) is 5.82 Å². The molecule has 0 saturated heterocycles. The van der Waals surface area contributed by atoms with Gasteiger partial charge in [0.2, 0.25) is 0 Å². The quantitative estimate of drug-likeness (QED) is 0.706. The highest BCUT2D eigenvalue weighted by Gasteiger charge is 2.03. The van der Waals surface area contributed by atoms with Crippen LogP contribution in [0.25, 0.3) is 11.2 Å². The highest BCUT2D eigenvalue weighted by molar-refractivity contribution is 5.81. The van der Waals surface area contributed by atoms with Gasteiger partial charge in [0.25, 0.3) is 0 Å². The first-order valence-electron chi connectivity index (χ1n) is 4.14. The van der Waals surface area contributed by atoms with Gasteiger partial charge in [-0.05, 0) is 6.08 Å². The molecule has 0 bridgehead atoms. The predicted octanol–water partition coefficient (Wildman–Crippen LogP) is 1.11. The van der Waals surface area contributed by atoms with Gasteiger partial charge in [-0.25, -0.2) is 15.0 Å². The van der Waals surface area contributed by atoms with Gasteiger partial charge in [-0.15, -0.1) is 5.73 Å². The number of hydrogen-bond donors (Lipinski definition) is 2. The zero-order chi connectivity index (χ0) is 9.80. The van der Waals surface area contributed by atoms with Gasteiger partial charge >= 0.3 is 0 Å². The number of nitrogens with zero attached hydrogens (tertiary/aromatic N) is 3. The molecule has 2 heterocycles. The Morgan fingerprint density at radius 2 is 2.43 bits per heavy atom. The van der Waals surface area contributed by atoms with Crippen LogP contribution in [0.1, 0.15) is 0 Å². The maximum absolute atomic E-state index is 4.09. The number of fused-ring (bicyclic) bond motifs is 1. The monoisotopic (exact) mass is 187 g/mol. The average molecular weight is 187 g/mol. The lowest BCUT2D eigenvalue weighted by Gasteiger charge is -2.00. The van der Waals surface area contributed by atoms with E-state index in [4.69, 9.17) is 0 Å². The van der Waals surface area contributed by atoms with E-state index < -0.39 is 0 Å². The average Bonchev–Trinajstić information content (AvgIpc) is 2.67. The van der Waals surface area contributed by atoms with Crippen molar-refractivity contribution < 1.29 is 0 Å². The van der Waals surface area contributed by atoms with Crippen LogP contribution in [0, 0.1) is 0 Å². The van der Waals surface area contributed by atoms with Crippen molar-refractivity contribution in [2.75, 3.05) is 11.9 Å². The van der Waals surface area contributed by atoms with E-state index >= 15 is 0 Å². The molecule has 5 heteroatoms. The number of anilines is 1. The third kappa shape index (κ3) is 1.48. The van der Waals surface area contributed by atoms with Crippen LogP contribution >= 0.6 is 0 Å². The second-order valence-electron chi connectivity index (χ2n) is 2.61. The van der Waals surface area contributed by atoms with Crippen molar-refractivity contribution in [3.05, 3.63) is 31.0 Å². The maximum Gasteiger partial charge on any atom is 0.182 e.